The predicted molar refractivity (Wildman–Crippen MR) is 84.8 cm³/mol. The number of hydrogen-bond donors (Lipinski definition) is 2. The van der Waals surface area contributed by atoms with Gasteiger partial charge >= 0.3 is 0 Å². The Morgan fingerprint density at radius 3 is 2.33 bits per heavy atom. The van der Waals surface area contributed by atoms with Crippen molar-refractivity contribution in [1.82, 2.24) is 10.3 Å². The van der Waals surface area contributed by atoms with Crippen LogP contribution >= 0.6 is 0 Å². The highest BCUT2D eigenvalue weighted by Gasteiger charge is 2.46. The number of aryl methyl sites for hydroxylation is 1. The van der Waals surface area contributed by atoms with Gasteiger partial charge in [0.1, 0.15) is 0 Å². The summed E-state index contributed by atoms with van der Waals surface area (Å²) in [5.41, 5.74) is 5.88. The molecule has 21 heavy (non-hydrogen) atoms. The Bertz CT molecular complexity index is 448. The van der Waals surface area contributed by atoms with Gasteiger partial charge in [-0.15, -0.1) is 0 Å². The Kier molecular flexibility index (Phi) is 4.60. The molecular formula is C17H27N3O. The van der Waals surface area contributed by atoms with Crippen molar-refractivity contribution in [1.29, 1.82) is 0 Å². The standard InChI is InChI=1S/C17H27N3O/c1-14-4-6-15(7-5-14)16(19-18)17(8-2-3-9-17)20-10-12-21-13-11-20/h4-7,16,19H,2-3,8-13,18H2,1H3. The number of nitrogens with one attached hydrogen (secondary N) is 1. The summed E-state index contributed by atoms with van der Waals surface area (Å²) in [5.74, 6) is 6.01. The van der Waals surface area contributed by atoms with E-state index in [1.165, 1.54) is 36.8 Å². The second-order valence-electron chi connectivity index (χ2n) is 6.42. The highest BCUT2D eigenvalue weighted by Crippen LogP contribution is 2.44. The van der Waals surface area contributed by atoms with Crippen LogP contribution in [0.3, 0.4) is 0 Å². The summed E-state index contributed by atoms with van der Waals surface area (Å²) in [6.07, 6.45) is 5.02. The molecule has 1 aliphatic heterocycles. The normalized spacial score (nSPS) is 24.1. The highest BCUT2D eigenvalue weighted by atomic mass is 16.5. The van der Waals surface area contributed by atoms with E-state index in [4.69, 9.17) is 10.6 Å². The Morgan fingerprint density at radius 2 is 1.76 bits per heavy atom. The third kappa shape index (κ3) is 2.86. The molecule has 4 nitrogen and oxygen atoms in total. The van der Waals surface area contributed by atoms with Crippen LogP contribution in [0.15, 0.2) is 24.3 Å². The van der Waals surface area contributed by atoms with Gasteiger partial charge in [-0.1, -0.05) is 42.7 Å². The van der Waals surface area contributed by atoms with Gasteiger partial charge in [-0.3, -0.25) is 16.2 Å². The molecule has 2 fully saturated rings. The van der Waals surface area contributed by atoms with Crippen molar-refractivity contribution in [2.75, 3.05) is 26.3 Å². The highest BCUT2D eigenvalue weighted by molar-refractivity contribution is 5.28. The van der Waals surface area contributed by atoms with Crippen LogP contribution in [0.5, 0.6) is 0 Å². The van der Waals surface area contributed by atoms with Gasteiger partial charge in [0, 0.05) is 18.6 Å². The van der Waals surface area contributed by atoms with Gasteiger partial charge in [0.15, 0.2) is 0 Å². The van der Waals surface area contributed by atoms with Crippen molar-refractivity contribution in [3.8, 4) is 0 Å². The molecule has 1 atom stereocenters. The molecule has 0 amide bonds. The molecule has 3 rings (SSSR count). The van der Waals surface area contributed by atoms with Gasteiger partial charge < -0.3 is 4.74 Å². The number of hydrazine groups is 1. The monoisotopic (exact) mass is 289 g/mol. The SMILES string of the molecule is Cc1ccc(C(NN)C2(N3CCOCC3)CCCC2)cc1. The van der Waals surface area contributed by atoms with E-state index >= 15 is 0 Å². The van der Waals surface area contributed by atoms with Crippen LogP contribution in [0.2, 0.25) is 0 Å². The van der Waals surface area contributed by atoms with E-state index in [2.05, 4.69) is 41.5 Å². The molecule has 1 unspecified atom stereocenters. The van der Waals surface area contributed by atoms with Crippen molar-refractivity contribution in [3.05, 3.63) is 35.4 Å². The first-order chi connectivity index (χ1) is 10.3. The van der Waals surface area contributed by atoms with Crippen LogP contribution in [0, 0.1) is 6.92 Å². The number of nitrogens with two attached hydrogens (primary N) is 1. The Balaban J connectivity index is 1.91. The second-order valence-corrected chi connectivity index (χ2v) is 6.42. The smallest absolute Gasteiger partial charge is 0.0644 e. The number of nitrogens with zero attached hydrogens (tertiary/aromatic N) is 1. The van der Waals surface area contributed by atoms with E-state index < -0.39 is 0 Å². The molecule has 1 aromatic rings. The first kappa shape index (κ1) is 15.0. The van der Waals surface area contributed by atoms with Gasteiger partial charge in [-0.25, -0.2) is 0 Å². The number of hydrogen-bond acceptors (Lipinski definition) is 4. The van der Waals surface area contributed by atoms with Gasteiger partial charge in [0.2, 0.25) is 0 Å². The minimum Gasteiger partial charge on any atom is -0.379 e. The molecule has 0 bridgehead atoms. The number of ether oxygens (including phenoxy) is 1. The van der Waals surface area contributed by atoms with E-state index in [1.54, 1.807) is 0 Å². The first-order valence-electron chi connectivity index (χ1n) is 8.12. The van der Waals surface area contributed by atoms with E-state index in [1.807, 2.05) is 0 Å². The Hall–Kier alpha value is -0.940. The van der Waals surface area contributed by atoms with Crippen LogP contribution < -0.4 is 11.3 Å². The van der Waals surface area contributed by atoms with Crippen LogP contribution in [-0.4, -0.2) is 36.7 Å². The first-order valence-corrected chi connectivity index (χ1v) is 8.12. The predicted octanol–water partition coefficient (Wildman–Crippen LogP) is 2.14. The van der Waals surface area contributed by atoms with Gasteiger partial charge in [-0.05, 0) is 25.3 Å². The topological polar surface area (TPSA) is 50.5 Å². The maximum atomic E-state index is 6.01. The fraction of sp³-hybridized carbons (Fsp3) is 0.647. The average Bonchev–Trinajstić information content (AvgIpc) is 3.01. The number of benzene rings is 1. The maximum Gasteiger partial charge on any atom is 0.0644 e. The molecule has 2 aliphatic rings. The molecule has 1 aromatic carbocycles. The molecule has 0 radical (unpaired) electrons. The zero-order chi connectivity index (χ0) is 14.7. The van der Waals surface area contributed by atoms with Crippen LogP contribution in [0.25, 0.3) is 0 Å². The van der Waals surface area contributed by atoms with Crippen molar-refractivity contribution < 1.29 is 4.74 Å². The van der Waals surface area contributed by atoms with E-state index in [0.29, 0.717) is 0 Å². The van der Waals surface area contributed by atoms with Crippen LogP contribution in [-0.2, 0) is 4.74 Å². The fourth-order valence-corrected chi connectivity index (χ4v) is 4.10. The van der Waals surface area contributed by atoms with E-state index in [-0.39, 0.29) is 11.6 Å². The van der Waals surface area contributed by atoms with Gasteiger partial charge in [0.25, 0.3) is 0 Å². The molecule has 1 saturated heterocycles. The largest absolute Gasteiger partial charge is 0.379 e. The zero-order valence-electron chi connectivity index (χ0n) is 13.0. The number of rotatable bonds is 4. The minimum atomic E-state index is 0.147. The van der Waals surface area contributed by atoms with E-state index in [9.17, 15) is 0 Å². The summed E-state index contributed by atoms with van der Waals surface area (Å²) < 4.78 is 5.55. The summed E-state index contributed by atoms with van der Waals surface area (Å²) in [4.78, 5) is 2.62. The molecule has 116 valence electrons. The molecule has 1 saturated carbocycles. The average molecular weight is 289 g/mol. The number of morpholine rings is 1. The van der Waals surface area contributed by atoms with Crippen molar-refractivity contribution in [2.45, 2.75) is 44.2 Å². The Labute approximate surface area is 127 Å². The molecule has 3 N–H and O–H groups in total. The molecule has 1 aliphatic carbocycles. The molecular weight excluding hydrogens is 262 g/mol. The molecule has 1 heterocycles. The molecule has 4 heteroatoms. The van der Waals surface area contributed by atoms with Crippen molar-refractivity contribution in [2.24, 2.45) is 5.84 Å². The van der Waals surface area contributed by atoms with Crippen molar-refractivity contribution in [3.63, 3.8) is 0 Å². The lowest BCUT2D eigenvalue weighted by atomic mass is 9.81. The Morgan fingerprint density at radius 1 is 1.14 bits per heavy atom. The summed E-state index contributed by atoms with van der Waals surface area (Å²) in [6.45, 7) is 5.84. The lowest BCUT2D eigenvalue weighted by molar-refractivity contribution is -0.0364. The van der Waals surface area contributed by atoms with Gasteiger partial charge in [0.05, 0.1) is 19.3 Å². The fourth-order valence-electron chi connectivity index (χ4n) is 4.10. The zero-order valence-corrected chi connectivity index (χ0v) is 13.0. The lowest BCUT2D eigenvalue weighted by Gasteiger charge is -2.48. The third-order valence-electron chi connectivity index (χ3n) is 5.22. The third-order valence-corrected chi connectivity index (χ3v) is 5.22. The van der Waals surface area contributed by atoms with E-state index in [0.717, 1.165) is 26.3 Å². The van der Waals surface area contributed by atoms with Gasteiger partial charge in [-0.2, -0.15) is 0 Å². The van der Waals surface area contributed by atoms with Crippen molar-refractivity contribution >= 4 is 0 Å². The van der Waals surface area contributed by atoms with Crippen LogP contribution in [0.4, 0.5) is 0 Å². The molecule has 0 spiro atoms. The summed E-state index contributed by atoms with van der Waals surface area (Å²) in [7, 11) is 0. The second kappa shape index (κ2) is 6.44. The lowest BCUT2D eigenvalue weighted by Crippen LogP contribution is -2.59. The van der Waals surface area contributed by atoms with Crippen LogP contribution in [0.1, 0.15) is 42.9 Å². The quantitative estimate of drug-likeness (QED) is 0.659. The molecule has 0 aromatic heterocycles. The maximum absolute atomic E-state index is 6.01. The summed E-state index contributed by atoms with van der Waals surface area (Å²) in [6, 6.07) is 9.00. The summed E-state index contributed by atoms with van der Waals surface area (Å²) in [5, 5.41) is 0. The summed E-state index contributed by atoms with van der Waals surface area (Å²) >= 11 is 0. The minimum absolute atomic E-state index is 0.147.